The Morgan fingerprint density at radius 3 is 2.40 bits per heavy atom. The summed E-state index contributed by atoms with van der Waals surface area (Å²) in [4.78, 5) is 10.7. The summed E-state index contributed by atoms with van der Waals surface area (Å²) < 4.78 is 46.5. The van der Waals surface area contributed by atoms with E-state index in [4.69, 9.17) is 5.73 Å². The summed E-state index contributed by atoms with van der Waals surface area (Å²) in [6.07, 6.45) is -4.99. The number of carbonyl (C=O) groups is 1. The number of rotatable bonds is 6. The van der Waals surface area contributed by atoms with E-state index in [0.717, 1.165) is 0 Å². The molecule has 3 nitrogen and oxygen atoms in total. The van der Waals surface area contributed by atoms with Gasteiger partial charge in [-0.25, -0.2) is 0 Å². The topological polar surface area (TPSA) is 66.2 Å². The molecular weight excluding hydrogens is 231 g/mol. The smallest absolute Gasteiger partial charge is 0.393 e. The van der Waals surface area contributed by atoms with Crippen molar-refractivity contribution in [3.8, 4) is 0 Å². The van der Waals surface area contributed by atoms with E-state index in [-0.39, 0.29) is 5.75 Å². The van der Waals surface area contributed by atoms with E-state index in [2.05, 4.69) is 0 Å². The lowest BCUT2D eigenvalue weighted by atomic mass is 10.1. The predicted molar refractivity (Wildman–Crippen MR) is 51.5 cm³/mol. The number of hydrogen-bond acceptors (Lipinski definition) is 2. The minimum absolute atomic E-state index is 0.0814. The standard InChI is InChI=1S/C8H14F3NO2S/c1-2-6(7(12)13)5-15(14)4-3-8(9,10)11/h6H,2-5H2,1H3,(H2,12,13). The first-order valence-corrected chi connectivity index (χ1v) is 5.96. The maximum absolute atomic E-state index is 11.8. The summed E-state index contributed by atoms with van der Waals surface area (Å²) >= 11 is -1.64. The Bertz CT molecular complexity index is 211. The number of alkyl halides is 3. The second kappa shape index (κ2) is 6.22. The van der Waals surface area contributed by atoms with E-state index >= 15 is 0 Å². The van der Waals surface area contributed by atoms with Crippen molar-refractivity contribution in [2.24, 2.45) is 11.7 Å². The molecule has 0 aromatic heterocycles. The second-order valence-corrected chi connectivity index (χ2v) is 4.80. The van der Waals surface area contributed by atoms with Crippen LogP contribution in [0.4, 0.5) is 13.2 Å². The van der Waals surface area contributed by atoms with Gasteiger partial charge in [0.25, 0.3) is 0 Å². The van der Waals surface area contributed by atoms with E-state index in [9.17, 15) is 22.5 Å². The van der Waals surface area contributed by atoms with Crippen molar-refractivity contribution < 1.29 is 22.5 Å². The van der Waals surface area contributed by atoms with Gasteiger partial charge in [-0.2, -0.15) is 13.2 Å². The molecule has 2 atom stereocenters. The van der Waals surface area contributed by atoms with E-state index in [1.165, 1.54) is 0 Å². The number of nitrogens with two attached hydrogens (primary N) is 1. The molecule has 0 spiro atoms. The van der Waals surface area contributed by atoms with Gasteiger partial charge in [0.05, 0.1) is 12.3 Å². The van der Waals surface area contributed by atoms with Gasteiger partial charge in [-0.1, -0.05) is 18.1 Å². The SMILES string of the molecule is CCC(C[S+]([O-])CCC(F)(F)F)C(N)=O. The largest absolute Gasteiger partial charge is 0.616 e. The van der Waals surface area contributed by atoms with Crippen molar-refractivity contribution >= 4 is 17.1 Å². The number of primary amides is 1. The van der Waals surface area contributed by atoms with Crippen LogP contribution in [0.2, 0.25) is 0 Å². The maximum atomic E-state index is 11.8. The van der Waals surface area contributed by atoms with Crippen LogP contribution in [0.3, 0.4) is 0 Å². The molecule has 0 aliphatic heterocycles. The minimum atomic E-state index is -4.30. The number of hydrogen-bond donors (Lipinski definition) is 1. The molecule has 0 saturated heterocycles. The zero-order chi connectivity index (χ0) is 12.1. The molecule has 2 unspecified atom stereocenters. The van der Waals surface area contributed by atoms with Crippen molar-refractivity contribution in [3.63, 3.8) is 0 Å². The molecule has 0 heterocycles. The van der Waals surface area contributed by atoms with Crippen molar-refractivity contribution in [2.75, 3.05) is 11.5 Å². The third kappa shape index (κ3) is 7.49. The molecule has 0 aromatic carbocycles. The van der Waals surface area contributed by atoms with Gasteiger partial charge in [-0.15, -0.1) is 0 Å². The molecule has 1 amide bonds. The van der Waals surface area contributed by atoms with Crippen molar-refractivity contribution in [1.82, 2.24) is 0 Å². The van der Waals surface area contributed by atoms with Crippen LogP contribution in [0.5, 0.6) is 0 Å². The minimum Gasteiger partial charge on any atom is -0.616 e. The fourth-order valence-electron chi connectivity index (χ4n) is 0.938. The molecule has 2 N–H and O–H groups in total. The monoisotopic (exact) mass is 245 g/mol. The van der Waals surface area contributed by atoms with E-state index in [1.807, 2.05) is 0 Å². The summed E-state index contributed by atoms with van der Waals surface area (Å²) in [6, 6.07) is 0. The van der Waals surface area contributed by atoms with Crippen LogP contribution in [0.1, 0.15) is 19.8 Å². The van der Waals surface area contributed by atoms with E-state index in [1.54, 1.807) is 6.92 Å². The van der Waals surface area contributed by atoms with Crippen LogP contribution in [0.15, 0.2) is 0 Å². The first-order valence-electron chi connectivity index (χ1n) is 4.47. The Balaban J connectivity index is 3.91. The van der Waals surface area contributed by atoms with E-state index < -0.39 is 41.4 Å². The second-order valence-electron chi connectivity index (χ2n) is 3.18. The van der Waals surface area contributed by atoms with Crippen molar-refractivity contribution in [2.45, 2.75) is 25.9 Å². The highest BCUT2D eigenvalue weighted by atomic mass is 32.2. The molecule has 0 aliphatic rings. The predicted octanol–water partition coefficient (Wildman–Crippen LogP) is 1.20. The van der Waals surface area contributed by atoms with E-state index in [0.29, 0.717) is 6.42 Å². The van der Waals surface area contributed by atoms with Crippen molar-refractivity contribution in [3.05, 3.63) is 0 Å². The molecule has 0 fully saturated rings. The summed E-state index contributed by atoms with van der Waals surface area (Å²) in [5.74, 6) is -1.76. The zero-order valence-electron chi connectivity index (χ0n) is 8.34. The average Bonchev–Trinajstić information content (AvgIpc) is 2.09. The van der Waals surface area contributed by atoms with Crippen LogP contribution >= 0.6 is 0 Å². The Kier molecular flexibility index (Phi) is 6.04. The summed E-state index contributed by atoms with van der Waals surface area (Å²) in [6.45, 7) is 1.68. The Morgan fingerprint density at radius 2 is 2.07 bits per heavy atom. The molecule has 0 bridgehead atoms. The Labute approximate surface area is 89.4 Å². The highest BCUT2D eigenvalue weighted by Gasteiger charge is 2.30. The number of carbonyl (C=O) groups excluding carboxylic acids is 1. The van der Waals surface area contributed by atoms with Crippen molar-refractivity contribution in [1.29, 1.82) is 0 Å². The first-order chi connectivity index (χ1) is 6.76. The highest BCUT2D eigenvalue weighted by molar-refractivity contribution is 7.91. The molecule has 7 heteroatoms. The molecule has 15 heavy (non-hydrogen) atoms. The average molecular weight is 245 g/mol. The summed E-state index contributed by atoms with van der Waals surface area (Å²) in [5, 5.41) is 0. The molecule has 0 rings (SSSR count). The molecule has 0 aromatic rings. The molecule has 0 aliphatic carbocycles. The van der Waals surface area contributed by atoms with Crippen LogP contribution < -0.4 is 5.73 Å². The van der Waals surface area contributed by atoms with Gasteiger partial charge >= 0.3 is 6.18 Å². The zero-order valence-corrected chi connectivity index (χ0v) is 9.16. The quantitative estimate of drug-likeness (QED) is 0.714. The summed E-state index contributed by atoms with van der Waals surface area (Å²) in [5.41, 5.74) is 4.98. The lowest BCUT2D eigenvalue weighted by Crippen LogP contribution is -2.31. The van der Waals surface area contributed by atoms with Crippen LogP contribution in [-0.2, 0) is 16.0 Å². The van der Waals surface area contributed by atoms with Gasteiger partial charge in [0.15, 0.2) is 0 Å². The van der Waals surface area contributed by atoms with Crippen LogP contribution in [0.25, 0.3) is 0 Å². The molecule has 0 saturated carbocycles. The fourth-order valence-corrected chi connectivity index (χ4v) is 2.41. The normalized spacial score (nSPS) is 16.1. The maximum Gasteiger partial charge on any atom is 0.393 e. The number of amides is 1. The first kappa shape index (κ1) is 14.6. The summed E-state index contributed by atoms with van der Waals surface area (Å²) in [7, 11) is 0. The number of halogens is 3. The third-order valence-corrected chi connectivity index (χ3v) is 3.33. The van der Waals surface area contributed by atoms with Gasteiger partial charge in [-0.05, 0) is 6.42 Å². The molecule has 0 radical (unpaired) electrons. The van der Waals surface area contributed by atoms with Gasteiger partial charge in [0.2, 0.25) is 5.91 Å². The highest BCUT2D eigenvalue weighted by Crippen LogP contribution is 2.21. The third-order valence-electron chi connectivity index (χ3n) is 1.90. The lowest BCUT2D eigenvalue weighted by molar-refractivity contribution is -0.129. The van der Waals surface area contributed by atoms with Gasteiger partial charge in [-0.3, -0.25) is 4.79 Å². The van der Waals surface area contributed by atoms with Gasteiger partial charge in [0.1, 0.15) is 11.5 Å². The molecular formula is C8H14F3NO2S. The van der Waals surface area contributed by atoms with Gasteiger partial charge < -0.3 is 10.3 Å². The fraction of sp³-hybridized carbons (Fsp3) is 0.875. The van der Waals surface area contributed by atoms with Crippen LogP contribution in [-0.4, -0.2) is 28.1 Å². The molecule has 90 valence electrons. The lowest BCUT2D eigenvalue weighted by Gasteiger charge is -2.16. The Hall–Kier alpha value is -0.430. The van der Waals surface area contributed by atoms with Gasteiger partial charge in [0, 0.05) is 0 Å². The van der Waals surface area contributed by atoms with Crippen LogP contribution in [0, 0.1) is 5.92 Å². The Morgan fingerprint density at radius 1 is 1.53 bits per heavy atom.